The summed E-state index contributed by atoms with van der Waals surface area (Å²) in [6.45, 7) is 1.98. The van der Waals surface area contributed by atoms with Crippen LogP contribution < -0.4 is 14.8 Å². The number of rotatable bonds is 4. The van der Waals surface area contributed by atoms with E-state index in [9.17, 15) is 25.4 Å². The first-order valence-electron chi connectivity index (χ1n) is 8.61. The summed E-state index contributed by atoms with van der Waals surface area (Å²) in [5.41, 5.74) is 1.02. The summed E-state index contributed by atoms with van der Waals surface area (Å²) in [5.74, 6) is 0. The second-order valence-electron chi connectivity index (χ2n) is 5.99. The fourth-order valence-electron chi connectivity index (χ4n) is 2.84. The van der Waals surface area contributed by atoms with Crippen LogP contribution in [0, 0.1) is 32.8 Å². The van der Waals surface area contributed by atoms with Crippen molar-refractivity contribution in [3.63, 3.8) is 0 Å². The topological polar surface area (TPSA) is 113 Å². The third kappa shape index (κ3) is 3.84. The van der Waals surface area contributed by atoms with Gasteiger partial charge in [0.2, 0.25) is 0 Å². The lowest BCUT2D eigenvalue weighted by atomic mass is 10.1. The SMILES string of the molecule is CCc1cccc(-n2c(=C(C#N)C#N)s/c(=C/c3ccccc3[N+](=O)[O-])c2=O)c1. The van der Waals surface area contributed by atoms with Crippen LogP contribution in [0.4, 0.5) is 5.69 Å². The predicted octanol–water partition coefficient (Wildman–Crippen LogP) is 2.40. The second kappa shape index (κ2) is 8.34. The van der Waals surface area contributed by atoms with Gasteiger partial charge in [-0.2, -0.15) is 10.5 Å². The Kier molecular flexibility index (Phi) is 5.68. The lowest BCUT2D eigenvalue weighted by Gasteiger charge is -2.04. The number of nitrogens with zero attached hydrogens (tertiary/aromatic N) is 4. The molecule has 0 amide bonds. The van der Waals surface area contributed by atoms with Gasteiger partial charge in [-0.15, -0.1) is 11.3 Å². The van der Waals surface area contributed by atoms with Crippen molar-refractivity contribution in [1.82, 2.24) is 4.57 Å². The molecule has 8 heteroatoms. The number of para-hydroxylation sites is 1. The number of aryl methyl sites for hydroxylation is 1. The summed E-state index contributed by atoms with van der Waals surface area (Å²) in [4.78, 5) is 23.9. The normalized spacial score (nSPS) is 10.9. The van der Waals surface area contributed by atoms with Gasteiger partial charge in [0, 0.05) is 6.07 Å². The minimum atomic E-state index is -0.522. The Morgan fingerprint density at radius 2 is 1.93 bits per heavy atom. The Morgan fingerprint density at radius 3 is 2.59 bits per heavy atom. The molecule has 1 heterocycles. The summed E-state index contributed by atoms with van der Waals surface area (Å²) >= 11 is 0.957. The van der Waals surface area contributed by atoms with Gasteiger partial charge < -0.3 is 0 Å². The molecule has 0 unspecified atom stereocenters. The molecule has 7 nitrogen and oxygen atoms in total. The van der Waals surface area contributed by atoms with Gasteiger partial charge in [-0.1, -0.05) is 31.2 Å². The van der Waals surface area contributed by atoms with Crippen molar-refractivity contribution in [2.75, 3.05) is 0 Å². The number of benzene rings is 2. The zero-order valence-corrected chi connectivity index (χ0v) is 16.1. The minimum Gasteiger partial charge on any atom is -0.267 e. The fraction of sp³-hybridized carbons (Fsp3) is 0.0952. The molecule has 3 rings (SSSR count). The maximum Gasteiger partial charge on any atom is 0.276 e. The van der Waals surface area contributed by atoms with Crippen LogP contribution in [-0.4, -0.2) is 9.49 Å². The summed E-state index contributed by atoms with van der Waals surface area (Å²) in [7, 11) is 0. The van der Waals surface area contributed by atoms with E-state index < -0.39 is 10.5 Å². The van der Waals surface area contributed by atoms with Crippen molar-refractivity contribution in [2.45, 2.75) is 13.3 Å². The van der Waals surface area contributed by atoms with Gasteiger partial charge in [0.15, 0.2) is 5.57 Å². The molecule has 0 fully saturated rings. The zero-order valence-electron chi connectivity index (χ0n) is 15.3. The largest absolute Gasteiger partial charge is 0.276 e. The van der Waals surface area contributed by atoms with Gasteiger partial charge in [-0.3, -0.25) is 19.5 Å². The lowest BCUT2D eigenvalue weighted by Crippen LogP contribution is -2.30. The first kappa shape index (κ1) is 19.7. The highest BCUT2D eigenvalue weighted by atomic mass is 32.1. The maximum atomic E-state index is 13.2. The zero-order chi connectivity index (χ0) is 21.0. The van der Waals surface area contributed by atoms with Crippen LogP contribution in [0.1, 0.15) is 18.1 Å². The Bertz CT molecular complexity index is 1350. The molecule has 142 valence electrons. The van der Waals surface area contributed by atoms with Crippen molar-refractivity contribution < 1.29 is 4.92 Å². The number of thiazole rings is 1. The first-order chi connectivity index (χ1) is 14.0. The molecule has 0 spiro atoms. The number of nitro groups is 1. The van der Waals surface area contributed by atoms with Crippen LogP contribution in [0.15, 0.2) is 53.3 Å². The third-order valence-corrected chi connectivity index (χ3v) is 5.35. The molecule has 0 atom stereocenters. The van der Waals surface area contributed by atoms with Gasteiger partial charge in [-0.25, -0.2) is 0 Å². The molecule has 0 radical (unpaired) electrons. The monoisotopic (exact) mass is 402 g/mol. The second-order valence-corrected chi connectivity index (χ2v) is 7.03. The van der Waals surface area contributed by atoms with E-state index in [1.165, 1.54) is 22.8 Å². The molecule has 0 N–H and O–H groups in total. The summed E-state index contributed by atoms with van der Waals surface area (Å²) in [5, 5.41) is 30.0. The van der Waals surface area contributed by atoms with E-state index >= 15 is 0 Å². The molecule has 0 saturated heterocycles. The Balaban J connectivity index is 2.41. The highest BCUT2D eigenvalue weighted by Gasteiger charge is 2.14. The Labute approximate surface area is 169 Å². The van der Waals surface area contributed by atoms with Crippen molar-refractivity contribution in [2.24, 2.45) is 0 Å². The maximum absolute atomic E-state index is 13.2. The van der Waals surface area contributed by atoms with Crippen LogP contribution in [0.3, 0.4) is 0 Å². The molecule has 1 aromatic heterocycles. The van der Waals surface area contributed by atoms with E-state index in [4.69, 9.17) is 0 Å². The van der Waals surface area contributed by atoms with Crippen molar-refractivity contribution in [3.05, 3.63) is 89.3 Å². The van der Waals surface area contributed by atoms with E-state index in [1.54, 1.807) is 24.3 Å². The van der Waals surface area contributed by atoms with Crippen LogP contribution in [0.25, 0.3) is 17.3 Å². The highest BCUT2D eigenvalue weighted by Crippen LogP contribution is 2.18. The number of nitro benzene ring substituents is 1. The Morgan fingerprint density at radius 1 is 1.21 bits per heavy atom. The number of hydrogen-bond donors (Lipinski definition) is 0. The quantitative estimate of drug-likeness (QED) is 0.491. The van der Waals surface area contributed by atoms with E-state index in [2.05, 4.69) is 0 Å². The lowest BCUT2D eigenvalue weighted by molar-refractivity contribution is -0.385. The van der Waals surface area contributed by atoms with Crippen LogP contribution in [-0.2, 0) is 6.42 Å². The molecule has 3 aromatic rings. The molecule has 0 aliphatic carbocycles. The fourth-order valence-corrected chi connectivity index (χ4v) is 3.88. The summed E-state index contributed by atoms with van der Waals surface area (Å²) < 4.78 is 1.70. The molecule has 0 bridgehead atoms. The van der Waals surface area contributed by atoms with E-state index in [1.807, 2.05) is 31.2 Å². The predicted molar refractivity (Wildman–Crippen MR) is 110 cm³/mol. The van der Waals surface area contributed by atoms with Gasteiger partial charge in [0.25, 0.3) is 11.2 Å². The van der Waals surface area contributed by atoms with Crippen molar-refractivity contribution >= 4 is 28.7 Å². The standard InChI is InChI=1S/C21H14N4O3S/c1-2-14-6-5-8-17(10-14)24-20(26)19(29-21(24)16(12-22)13-23)11-15-7-3-4-9-18(15)25(27)28/h3-11H,2H2,1H3/b19-11+. The minimum absolute atomic E-state index is 0.133. The van der Waals surface area contributed by atoms with Crippen LogP contribution in [0.2, 0.25) is 0 Å². The first-order valence-corrected chi connectivity index (χ1v) is 9.42. The third-order valence-electron chi connectivity index (χ3n) is 4.26. The molecule has 0 saturated carbocycles. The smallest absolute Gasteiger partial charge is 0.267 e. The average molecular weight is 402 g/mol. The molecule has 29 heavy (non-hydrogen) atoms. The number of aromatic nitrogens is 1. The van der Waals surface area contributed by atoms with E-state index in [0.717, 1.165) is 23.3 Å². The van der Waals surface area contributed by atoms with Crippen LogP contribution in [0.5, 0.6) is 0 Å². The van der Waals surface area contributed by atoms with Gasteiger partial charge >= 0.3 is 0 Å². The van der Waals surface area contributed by atoms with Gasteiger partial charge in [-0.05, 0) is 36.3 Å². The van der Waals surface area contributed by atoms with E-state index in [0.29, 0.717) is 5.69 Å². The molecule has 0 aliphatic rings. The average Bonchev–Trinajstić information content (AvgIpc) is 3.05. The van der Waals surface area contributed by atoms with Crippen LogP contribution >= 0.6 is 11.3 Å². The van der Waals surface area contributed by atoms with Gasteiger partial charge in [0.05, 0.1) is 20.7 Å². The summed E-state index contributed by atoms with van der Waals surface area (Å²) in [6.07, 6.45) is 2.17. The molecule has 2 aromatic carbocycles. The highest BCUT2D eigenvalue weighted by molar-refractivity contribution is 7.07. The molecule has 0 aliphatic heterocycles. The van der Waals surface area contributed by atoms with Crippen molar-refractivity contribution in [3.8, 4) is 17.8 Å². The van der Waals surface area contributed by atoms with E-state index in [-0.39, 0.29) is 26.0 Å². The summed E-state index contributed by atoms with van der Waals surface area (Å²) in [6, 6.07) is 17.0. The Hall–Kier alpha value is -4.01. The molecular formula is C21H14N4O3S. The van der Waals surface area contributed by atoms with Gasteiger partial charge in [0.1, 0.15) is 16.8 Å². The van der Waals surface area contributed by atoms with Crippen molar-refractivity contribution in [1.29, 1.82) is 10.5 Å². The molecular weight excluding hydrogens is 388 g/mol. The number of nitriles is 2. The number of hydrogen-bond acceptors (Lipinski definition) is 6.